The molecule has 0 N–H and O–H groups in total. The quantitative estimate of drug-likeness (QED) is 0.462. The molecule has 2 atom stereocenters. The molecule has 1 fully saturated rings. The van der Waals surface area contributed by atoms with E-state index in [1.807, 2.05) is 0 Å². The fourth-order valence-corrected chi connectivity index (χ4v) is 2.45. The second-order valence-electron chi connectivity index (χ2n) is 3.83. The van der Waals surface area contributed by atoms with Gasteiger partial charge in [-0.15, -0.1) is 0 Å². The fourth-order valence-electron chi connectivity index (χ4n) is 2.45. The van der Waals surface area contributed by atoms with E-state index in [0.717, 1.165) is 11.8 Å². The molecular formula is C11H16. The summed E-state index contributed by atoms with van der Waals surface area (Å²) in [4.78, 5) is 0. The molecular weight excluding hydrogens is 132 g/mol. The van der Waals surface area contributed by atoms with Gasteiger partial charge in [0.15, 0.2) is 0 Å². The van der Waals surface area contributed by atoms with Crippen molar-refractivity contribution in [1.29, 1.82) is 0 Å². The summed E-state index contributed by atoms with van der Waals surface area (Å²) >= 11 is 0. The molecule has 2 rings (SSSR count). The van der Waals surface area contributed by atoms with Crippen molar-refractivity contribution in [3.8, 4) is 0 Å². The Morgan fingerprint density at radius 2 is 2.27 bits per heavy atom. The van der Waals surface area contributed by atoms with Crippen molar-refractivity contribution in [3.63, 3.8) is 0 Å². The van der Waals surface area contributed by atoms with Crippen LogP contribution in [0.25, 0.3) is 0 Å². The molecule has 0 heteroatoms. The van der Waals surface area contributed by atoms with Crippen LogP contribution in [0.3, 0.4) is 0 Å². The van der Waals surface area contributed by atoms with Crippen molar-refractivity contribution in [3.05, 3.63) is 24.3 Å². The highest BCUT2D eigenvalue weighted by molar-refractivity contribution is 5.13. The Morgan fingerprint density at radius 3 is 3.18 bits per heavy atom. The maximum Gasteiger partial charge on any atom is -0.0143 e. The Balaban J connectivity index is 2.17. The summed E-state index contributed by atoms with van der Waals surface area (Å²) in [5, 5.41) is 0. The van der Waals surface area contributed by atoms with Crippen LogP contribution in [0.4, 0.5) is 0 Å². The Morgan fingerprint density at radius 1 is 1.36 bits per heavy atom. The predicted molar refractivity (Wildman–Crippen MR) is 48.3 cm³/mol. The maximum absolute atomic E-state index is 4.18. The highest BCUT2D eigenvalue weighted by Crippen LogP contribution is 2.40. The van der Waals surface area contributed by atoms with Gasteiger partial charge >= 0.3 is 0 Å². The van der Waals surface area contributed by atoms with Gasteiger partial charge in [-0.25, -0.2) is 0 Å². The van der Waals surface area contributed by atoms with E-state index < -0.39 is 0 Å². The zero-order valence-corrected chi connectivity index (χ0v) is 7.05. The normalized spacial score (nSPS) is 36.9. The van der Waals surface area contributed by atoms with Crippen LogP contribution < -0.4 is 0 Å². The van der Waals surface area contributed by atoms with Gasteiger partial charge in [-0.3, -0.25) is 0 Å². The van der Waals surface area contributed by atoms with Crippen LogP contribution in [0.1, 0.15) is 32.1 Å². The number of hydrogen-bond donors (Lipinski definition) is 0. The molecule has 0 saturated heterocycles. The van der Waals surface area contributed by atoms with E-state index in [9.17, 15) is 0 Å². The lowest BCUT2D eigenvalue weighted by atomic mass is 9.89. The van der Waals surface area contributed by atoms with Gasteiger partial charge in [-0.05, 0) is 37.5 Å². The number of hydrogen-bond acceptors (Lipinski definition) is 0. The lowest BCUT2D eigenvalue weighted by Crippen LogP contribution is -2.05. The molecule has 0 radical (unpaired) electrons. The second-order valence-corrected chi connectivity index (χ2v) is 3.83. The van der Waals surface area contributed by atoms with Gasteiger partial charge < -0.3 is 0 Å². The Kier molecular flexibility index (Phi) is 1.85. The minimum Gasteiger partial charge on any atom is -0.0995 e. The number of allylic oxidation sites excluding steroid dienone is 3. The first-order valence-corrected chi connectivity index (χ1v) is 4.72. The van der Waals surface area contributed by atoms with E-state index in [1.165, 1.54) is 37.7 Å². The van der Waals surface area contributed by atoms with E-state index >= 15 is 0 Å². The third-order valence-electron chi connectivity index (χ3n) is 3.11. The van der Waals surface area contributed by atoms with E-state index in [-0.39, 0.29) is 0 Å². The molecule has 2 unspecified atom stereocenters. The summed E-state index contributed by atoms with van der Waals surface area (Å²) in [6.45, 7) is 4.18. The summed E-state index contributed by atoms with van der Waals surface area (Å²) in [5.41, 5.74) is 1.51. The lowest BCUT2D eigenvalue weighted by Gasteiger charge is -2.15. The summed E-state index contributed by atoms with van der Waals surface area (Å²) in [6, 6.07) is 0. The minimum atomic E-state index is 0.841. The highest BCUT2D eigenvalue weighted by Gasteiger charge is 2.27. The van der Waals surface area contributed by atoms with Crippen LogP contribution >= 0.6 is 0 Å². The predicted octanol–water partition coefficient (Wildman–Crippen LogP) is 3.31. The van der Waals surface area contributed by atoms with Crippen LogP contribution in [-0.4, -0.2) is 0 Å². The molecule has 0 amide bonds. The van der Waals surface area contributed by atoms with Gasteiger partial charge in [-0.1, -0.05) is 30.7 Å². The monoisotopic (exact) mass is 148 g/mol. The molecule has 2 aliphatic carbocycles. The first kappa shape index (κ1) is 7.15. The molecule has 0 spiro atoms. The molecule has 60 valence electrons. The summed E-state index contributed by atoms with van der Waals surface area (Å²) in [7, 11) is 0. The first-order chi connectivity index (χ1) is 5.38. The SMILES string of the molecule is C=C1CCC=CC2CCCC12. The average molecular weight is 148 g/mol. The Hall–Kier alpha value is -0.520. The second kappa shape index (κ2) is 2.84. The van der Waals surface area contributed by atoms with Gasteiger partial charge in [0.1, 0.15) is 0 Å². The summed E-state index contributed by atoms with van der Waals surface area (Å²) in [6.07, 6.45) is 11.5. The van der Waals surface area contributed by atoms with Crippen LogP contribution in [0.15, 0.2) is 24.3 Å². The van der Waals surface area contributed by atoms with Gasteiger partial charge in [-0.2, -0.15) is 0 Å². The standard InChI is InChI=1S/C11H16/c1-9-5-2-3-6-10-7-4-8-11(9)10/h3,6,10-11H,1-2,4-5,7-8H2. The largest absolute Gasteiger partial charge is 0.0995 e. The third kappa shape index (κ3) is 1.26. The van der Waals surface area contributed by atoms with Gasteiger partial charge in [0.05, 0.1) is 0 Å². The van der Waals surface area contributed by atoms with Crippen molar-refractivity contribution >= 4 is 0 Å². The van der Waals surface area contributed by atoms with Crippen LogP contribution in [0.5, 0.6) is 0 Å². The zero-order chi connectivity index (χ0) is 7.68. The Bertz CT molecular complexity index is 188. The summed E-state index contributed by atoms with van der Waals surface area (Å²) < 4.78 is 0. The lowest BCUT2D eigenvalue weighted by molar-refractivity contribution is 0.525. The molecule has 0 aliphatic heterocycles. The van der Waals surface area contributed by atoms with Gasteiger partial charge in [0.25, 0.3) is 0 Å². The Labute approximate surface area is 69.0 Å². The zero-order valence-electron chi connectivity index (χ0n) is 7.05. The van der Waals surface area contributed by atoms with Crippen molar-refractivity contribution in [2.45, 2.75) is 32.1 Å². The van der Waals surface area contributed by atoms with E-state index in [4.69, 9.17) is 0 Å². The smallest absolute Gasteiger partial charge is 0.0143 e. The van der Waals surface area contributed by atoms with E-state index in [0.29, 0.717) is 0 Å². The molecule has 0 bridgehead atoms. The maximum atomic E-state index is 4.18. The highest BCUT2D eigenvalue weighted by atomic mass is 14.3. The fraction of sp³-hybridized carbons (Fsp3) is 0.636. The topological polar surface area (TPSA) is 0 Å². The average Bonchev–Trinajstić information content (AvgIpc) is 2.40. The molecule has 0 nitrogen and oxygen atoms in total. The van der Waals surface area contributed by atoms with Crippen molar-refractivity contribution in [2.75, 3.05) is 0 Å². The molecule has 1 saturated carbocycles. The van der Waals surface area contributed by atoms with Gasteiger partial charge in [0, 0.05) is 0 Å². The first-order valence-electron chi connectivity index (χ1n) is 4.72. The van der Waals surface area contributed by atoms with Gasteiger partial charge in [0.2, 0.25) is 0 Å². The van der Waals surface area contributed by atoms with Crippen molar-refractivity contribution in [2.24, 2.45) is 11.8 Å². The van der Waals surface area contributed by atoms with E-state index in [2.05, 4.69) is 18.7 Å². The molecule has 0 aromatic heterocycles. The summed E-state index contributed by atoms with van der Waals surface area (Å²) in [5.74, 6) is 1.69. The number of rotatable bonds is 0. The van der Waals surface area contributed by atoms with Crippen LogP contribution in [0, 0.1) is 11.8 Å². The van der Waals surface area contributed by atoms with E-state index in [1.54, 1.807) is 0 Å². The molecule has 0 aromatic carbocycles. The minimum absolute atomic E-state index is 0.841. The molecule has 2 aliphatic rings. The molecule has 11 heavy (non-hydrogen) atoms. The molecule has 0 heterocycles. The van der Waals surface area contributed by atoms with Crippen LogP contribution in [0.2, 0.25) is 0 Å². The number of fused-ring (bicyclic) bond motifs is 1. The van der Waals surface area contributed by atoms with Crippen molar-refractivity contribution in [1.82, 2.24) is 0 Å². The van der Waals surface area contributed by atoms with Crippen molar-refractivity contribution < 1.29 is 0 Å². The van der Waals surface area contributed by atoms with Crippen LogP contribution in [-0.2, 0) is 0 Å². The molecule has 0 aromatic rings. The third-order valence-corrected chi connectivity index (χ3v) is 3.11.